The van der Waals surface area contributed by atoms with Gasteiger partial charge in [-0.25, -0.2) is 0 Å². The molecule has 2 fully saturated rings. The van der Waals surface area contributed by atoms with Gasteiger partial charge in [0.2, 0.25) is 11.8 Å². The zero-order valence-electron chi connectivity index (χ0n) is 15.5. The summed E-state index contributed by atoms with van der Waals surface area (Å²) >= 11 is 0. The number of likely N-dealkylation sites (tertiary alicyclic amines) is 2. The number of carbonyl (C=O) groups excluding carboxylic acids is 2. The maximum absolute atomic E-state index is 12.5. The van der Waals surface area contributed by atoms with E-state index in [1.54, 1.807) is 0 Å². The molecule has 2 aliphatic rings. The van der Waals surface area contributed by atoms with Crippen LogP contribution >= 0.6 is 0 Å². The second-order valence-corrected chi connectivity index (χ2v) is 7.62. The average molecular weight is 358 g/mol. The molecule has 0 saturated carbocycles. The second kappa shape index (κ2) is 9.17. The molecule has 3 rings (SSSR count). The van der Waals surface area contributed by atoms with Gasteiger partial charge in [0.05, 0.1) is 6.61 Å². The van der Waals surface area contributed by atoms with Gasteiger partial charge in [-0.1, -0.05) is 30.7 Å². The first-order valence-electron chi connectivity index (χ1n) is 9.90. The van der Waals surface area contributed by atoms with Crippen LogP contribution in [0.25, 0.3) is 0 Å². The highest BCUT2D eigenvalue weighted by atomic mass is 16.3. The van der Waals surface area contributed by atoms with Crippen molar-refractivity contribution in [2.24, 2.45) is 5.92 Å². The fourth-order valence-corrected chi connectivity index (χ4v) is 4.08. The van der Waals surface area contributed by atoms with E-state index in [0.717, 1.165) is 57.3 Å². The van der Waals surface area contributed by atoms with Gasteiger partial charge in [0.1, 0.15) is 0 Å². The SMILES string of the molecule is O=C1CCCCCN1CCC(=O)N1CCC(Cc2cccc(CO)c2)C1. The van der Waals surface area contributed by atoms with Crippen molar-refractivity contribution >= 4 is 11.8 Å². The Morgan fingerprint density at radius 2 is 2.00 bits per heavy atom. The Labute approximate surface area is 156 Å². The summed E-state index contributed by atoms with van der Waals surface area (Å²) in [6.45, 7) is 3.05. The number of benzene rings is 1. The summed E-state index contributed by atoms with van der Waals surface area (Å²) in [6.07, 6.45) is 6.19. The highest BCUT2D eigenvalue weighted by molar-refractivity contribution is 5.79. The molecule has 1 unspecified atom stereocenters. The third kappa shape index (κ3) is 5.07. The van der Waals surface area contributed by atoms with Gasteiger partial charge in [-0.2, -0.15) is 0 Å². The third-order valence-corrected chi connectivity index (χ3v) is 5.60. The Bertz CT molecular complexity index is 631. The van der Waals surface area contributed by atoms with Gasteiger partial charge < -0.3 is 14.9 Å². The van der Waals surface area contributed by atoms with Gasteiger partial charge in [0.15, 0.2) is 0 Å². The van der Waals surface area contributed by atoms with Crippen LogP contribution in [-0.2, 0) is 22.6 Å². The van der Waals surface area contributed by atoms with E-state index in [9.17, 15) is 14.7 Å². The summed E-state index contributed by atoms with van der Waals surface area (Å²) in [5.41, 5.74) is 2.17. The van der Waals surface area contributed by atoms with Gasteiger partial charge in [-0.3, -0.25) is 9.59 Å². The molecule has 0 spiro atoms. The van der Waals surface area contributed by atoms with Crippen molar-refractivity contribution in [3.8, 4) is 0 Å². The standard InChI is InChI=1S/C21H30N2O3/c24-16-19-6-4-5-17(14-19)13-18-8-11-23(15-18)21(26)9-12-22-10-3-1-2-7-20(22)25/h4-6,14,18,24H,1-3,7-13,15-16H2. The normalized spacial score (nSPS) is 21.1. The van der Waals surface area contributed by atoms with Gasteiger partial charge in [0, 0.05) is 39.0 Å². The van der Waals surface area contributed by atoms with Gasteiger partial charge >= 0.3 is 0 Å². The van der Waals surface area contributed by atoms with Crippen LogP contribution in [0.5, 0.6) is 0 Å². The molecule has 0 radical (unpaired) electrons. The monoisotopic (exact) mass is 358 g/mol. The molecule has 0 bridgehead atoms. The summed E-state index contributed by atoms with van der Waals surface area (Å²) in [4.78, 5) is 28.4. The summed E-state index contributed by atoms with van der Waals surface area (Å²) in [6, 6.07) is 8.05. The fraction of sp³-hybridized carbons (Fsp3) is 0.619. The molecule has 26 heavy (non-hydrogen) atoms. The highest BCUT2D eigenvalue weighted by Crippen LogP contribution is 2.22. The van der Waals surface area contributed by atoms with Crippen molar-refractivity contribution in [3.05, 3.63) is 35.4 Å². The highest BCUT2D eigenvalue weighted by Gasteiger charge is 2.27. The van der Waals surface area contributed by atoms with Gasteiger partial charge in [0.25, 0.3) is 0 Å². The van der Waals surface area contributed by atoms with Gasteiger partial charge in [-0.15, -0.1) is 0 Å². The minimum absolute atomic E-state index is 0.0678. The molecule has 142 valence electrons. The van der Waals surface area contributed by atoms with Crippen LogP contribution in [0.3, 0.4) is 0 Å². The Morgan fingerprint density at radius 1 is 1.15 bits per heavy atom. The Hall–Kier alpha value is -1.88. The summed E-state index contributed by atoms with van der Waals surface area (Å²) in [5, 5.41) is 9.26. The molecule has 2 aliphatic heterocycles. The number of amides is 2. The molecule has 1 atom stereocenters. The number of aliphatic hydroxyl groups is 1. The predicted molar refractivity (Wildman–Crippen MR) is 100 cm³/mol. The van der Waals surface area contributed by atoms with Crippen molar-refractivity contribution in [2.45, 2.75) is 51.6 Å². The molecule has 5 heteroatoms. The molecule has 2 amide bonds. The maximum atomic E-state index is 12.5. The average Bonchev–Trinajstić information content (AvgIpc) is 3.02. The lowest BCUT2D eigenvalue weighted by molar-refractivity contribution is -0.133. The summed E-state index contributed by atoms with van der Waals surface area (Å²) < 4.78 is 0. The zero-order valence-corrected chi connectivity index (χ0v) is 15.5. The van der Waals surface area contributed by atoms with E-state index in [0.29, 0.717) is 25.3 Å². The van der Waals surface area contributed by atoms with Crippen molar-refractivity contribution in [2.75, 3.05) is 26.2 Å². The molecular weight excluding hydrogens is 328 g/mol. The number of hydrogen-bond donors (Lipinski definition) is 1. The predicted octanol–water partition coefficient (Wildman–Crippen LogP) is 2.36. The van der Waals surface area contributed by atoms with E-state index >= 15 is 0 Å². The van der Waals surface area contributed by atoms with Crippen LogP contribution in [0.1, 0.15) is 49.7 Å². The Kier molecular flexibility index (Phi) is 6.67. The van der Waals surface area contributed by atoms with Crippen molar-refractivity contribution < 1.29 is 14.7 Å². The second-order valence-electron chi connectivity index (χ2n) is 7.62. The molecule has 2 heterocycles. The largest absolute Gasteiger partial charge is 0.392 e. The van der Waals surface area contributed by atoms with E-state index in [-0.39, 0.29) is 18.4 Å². The first-order chi connectivity index (χ1) is 12.7. The molecule has 1 aromatic rings. The lowest BCUT2D eigenvalue weighted by atomic mass is 9.97. The van der Waals surface area contributed by atoms with E-state index in [2.05, 4.69) is 12.1 Å². The van der Waals surface area contributed by atoms with E-state index in [4.69, 9.17) is 0 Å². The summed E-state index contributed by atoms with van der Waals surface area (Å²) in [7, 11) is 0. The van der Waals surface area contributed by atoms with Crippen molar-refractivity contribution in [3.63, 3.8) is 0 Å². The molecule has 1 aromatic carbocycles. The number of rotatable bonds is 6. The topological polar surface area (TPSA) is 60.9 Å². The smallest absolute Gasteiger partial charge is 0.224 e. The maximum Gasteiger partial charge on any atom is 0.224 e. The lowest BCUT2D eigenvalue weighted by Crippen LogP contribution is -2.36. The fourth-order valence-electron chi connectivity index (χ4n) is 4.08. The number of carbonyl (C=O) groups is 2. The van der Waals surface area contributed by atoms with Crippen molar-refractivity contribution in [1.29, 1.82) is 0 Å². The Balaban J connectivity index is 1.45. The van der Waals surface area contributed by atoms with Crippen LogP contribution in [-0.4, -0.2) is 52.9 Å². The minimum atomic E-state index is 0.0678. The lowest BCUT2D eigenvalue weighted by Gasteiger charge is -2.22. The van der Waals surface area contributed by atoms with Crippen LogP contribution in [0, 0.1) is 5.92 Å². The Morgan fingerprint density at radius 3 is 2.85 bits per heavy atom. The van der Waals surface area contributed by atoms with Gasteiger partial charge in [-0.05, 0) is 42.7 Å². The first kappa shape index (κ1) is 18.9. The first-order valence-corrected chi connectivity index (χ1v) is 9.90. The van der Waals surface area contributed by atoms with Crippen LogP contribution in [0.4, 0.5) is 0 Å². The summed E-state index contributed by atoms with van der Waals surface area (Å²) in [5.74, 6) is 0.861. The molecule has 2 saturated heterocycles. The van der Waals surface area contributed by atoms with E-state index in [1.165, 1.54) is 5.56 Å². The van der Waals surface area contributed by atoms with Crippen LogP contribution in [0.15, 0.2) is 24.3 Å². The molecule has 5 nitrogen and oxygen atoms in total. The van der Waals surface area contributed by atoms with Crippen molar-refractivity contribution in [1.82, 2.24) is 9.80 Å². The molecular formula is C21H30N2O3. The molecule has 0 aliphatic carbocycles. The van der Waals surface area contributed by atoms with Crippen LogP contribution < -0.4 is 0 Å². The molecule has 0 aromatic heterocycles. The zero-order chi connectivity index (χ0) is 18.4. The van der Waals surface area contributed by atoms with E-state index in [1.807, 2.05) is 21.9 Å². The number of hydrogen-bond acceptors (Lipinski definition) is 3. The number of nitrogens with zero attached hydrogens (tertiary/aromatic N) is 2. The van der Waals surface area contributed by atoms with E-state index < -0.39 is 0 Å². The quantitative estimate of drug-likeness (QED) is 0.849. The molecule has 1 N–H and O–H groups in total. The third-order valence-electron chi connectivity index (χ3n) is 5.60. The number of aliphatic hydroxyl groups excluding tert-OH is 1. The van der Waals surface area contributed by atoms with Crippen LogP contribution in [0.2, 0.25) is 0 Å². The minimum Gasteiger partial charge on any atom is -0.392 e.